The second-order valence-corrected chi connectivity index (χ2v) is 10.4. The van der Waals surface area contributed by atoms with E-state index in [1.54, 1.807) is 0 Å². The third kappa shape index (κ3) is 7.01. The first-order valence-electron chi connectivity index (χ1n) is 13.2. The topological polar surface area (TPSA) is 53.1 Å². The number of amides is 2. The largest absolute Gasteiger partial charge is 0.463 e. The molecule has 1 aromatic carbocycles. The van der Waals surface area contributed by atoms with Crippen molar-refractivity contribution in [3.8, 4) is 0 Å². The Morgan fingerprint density at radius 1 is 1.09 bits per heavy atom. The van der Waals surface area contributed by atoms with Gasteiger partial charge >= 0.3 is 12.0 Å². The number of urea groups is 1. The maximum Gasteiger partial charge on any atom is 0.324 e. The highest BCUT2D eigenvalue weighted by atomic mass is 35.5. The second kappa shape index (κ2) is 12.8. The predicted molar refractivity (Wildman–Crippen MR) is 143 cm³/mol. The molecule has 1 aromatic rings. The zero-order chi connectivity index (χ0) is 24.1. The average Bonchev–Trinajstić information content (AvgIpc) is 3.08. The Hall–Kier alpha value is -2.05. The van der Waals surface area contributed by atoms with Gasteiger partial charge in [0.15, 0.2) is 0 Å². The Bertz CT molecular complexity index is 882. The monoisotopic (exact) mass is 503 g/mol. The fourth-order valence-electron chi connectivity index (χ4n) is 5.81. The lowest BCUT2D eigenvalue weighted by Crippen LogP contribution is -2.41. The number of hydrogen-bond donors (Lipinski definition) is 0. The Morgan fingerprint density at radius 3 is 2.49 bits per heavy atom. The third-order valence-corrected chi connectivity index (χ3v) is 7.71. The van der Waals surface area contributed by atoms with Gasteiger partial charge in [0.2, 0.25) is 0 Å². The van der Waals surface area contributed by atoms with Gasteiger partial charge in [-0.3, -0.25) is 14.6 Å². The summed E-state index contributed by atoms with van der Waals surface area (Å²) in [5.41, 5.74) is 3.84. The van der Waals surface area contributed by atoms with Crippen LogP contribution in [-0.4, -0.2) is 66.7 Å². The van der Waals surface area contributed by atoms with Gasteiger partial charge in [0.25, 0.3) is 0 Å². The number of ether oxygens (including phenoxy) is 1. The van der Waals surface area contributed by atoms with Crippen LogP contribution in [0.3, 0.4) is 0 Å². The van der Waals surface area contributed by atoms with Crippen LogP contribution >= 0.6 is 12.4 Å². The molecule has 0 N–H and O–H groups in total. The quantitative estimate of drug-likeness (QED) is 0.360. The summed E-state index contributed by atoms with van der Waals surface area (Å²) in [6.07, 6.45) is 9.67. The lowest BCUT2D eigenvalue weighted by Gasteiger charge is -2.34. The van der Waals surface area contributed by atoms with Crippen molar-refractivity contribution in [3.63, 3.8) is 0 Å². The molecule has 194 valence electrons. The highest BCUT2D eigenvalue weighted by molar-refractivity contribution is 5.94. The van der Waals surface area contributed by atoms with E-state index in [1.165, 1.54) is 11.1 Å². The summed E-state index contributed by atoms with van der Waals surface area (Å²) in [6, 6.07) is 7.10. The second-order valence-electron chi connectivity index (χ2n) is 10.4. The number of carbonyl (C=O) groups is 2. The maximum absolute atomic E-state index is 13.3. The smallest absolute Gasteiger partial charge is 0.324 e. The molecule has 1 aliphatic carbocycles. The number of benzene rings is 1. The van der Waals surface area contributed by atoms with Crippen molar-refractivity contribution in [1.29, 1.82) is 0 Å². The molecule has 1 saturated heterocycles. The average molecular weight is 504 g/mol. The van der Waals surface area contributed by atoms with Crippen LogP contribution in [-0.2, 0) is 22.4 Å². The molecule has 6 nitrogen and oxygen atoms in total. The van der Waals surface area contributed by atoms with Crippen molar-refractivity contribution < 1.29 is 14.3 Å². The van der Waals surface area contributed by atoms with Gasteiger partial charge in [-0.05, 0) is 88.0 Å². The number of esters is 1. The molecule has 35 heavy (non-hydrogen) atoms. The molecule has 2 fully saturated rings. The van der Waals surface area contributed by atoms with Crippen molar-refractivity contribution in [3.05, 3.63) is 42.0 Å². The summed E-state index contributed by atoms with van der Waals surface area (Å²) in [7, 11) is 0. The molecule has 0 atom stereocenters. The van der Waals surface area contributed by atoms with Gasteiger partial charge in [-0.1, -0.05) is 12.1 Å². The van der Waals surface area contributed by atoms with Gasteiger partial charge in [0.05, 0.1) is 6.10 Å². The highest BCUT2D eigenvalue weighted by Crippen LogP contribution is 2.34. The standard InChI is InChI=1S/C28H41N3O3.ClH/c1-4-15-29-16-13-23-8-11-26(20-24(23)14-17-29)31-19-18-30(28(31)33)25-9-5-22(6-10-25)7-12-27(32)34-21(2)3;/h4,8,11,20-22,25H,1,5-7,9-10,12-19H2,2-3H3;1H/t22-,25-;. The minimum atomic E-state index is -0.0864. The molecule has 0 spiro atoms. The number of rotatable bonds is 8. The Morgan fingerprint density at radius 2 is 1.80 bits per heavy atom. The van der Waals surface area contributed by atoms with Crippen LogP contribution in [0.4, 0.5) is 10.5 Å². The Balaban J connectivity index is 0.00000342. The van der Waals surface area contributed by atoms with E-state index in [4.69, 9.17) is 4.74 Å². The van der Waals surface area contributed by atoms with Gasteiger partial charge in [0, 0.05) is 50.9 Å². The molecule has 7 heteroatoms. The van der Waals surface area contributed by atoms with Crippen molar-refractivity contribution in [1.82, 2.24) is 9.80 Å². The van der Waals surface area contributed by atoms with Gasteiger partial charge in [-0.2, -0.15) is 0 Å². The van der Waals surface area contributed by atoms with E-state index >= 15 is 0 Å². The highest BCUT2D eigenvalue weighted by Gasteiger charge is 2.36. The number of carbonyl (C=O) groups excluding carboxylic acids is 2. The SMILES string of the molecule is C=CCN1CCc2ccc(N3CCN([C@H]4CC[C@H](CCC(=O)OC(C)C)CC4)C3=O)cc2CC1.Cl. The number of halogens is 1. The zero-order valence-corrected chi connectivity index (χ0v) is 22.2. The first kappa shape index (κ1) is 27.5. The summed E-state index contributed by atoms with van der Waals surface area (Å²) in [5.74, 6) is 0.478. The van der Waals surface area contributed by atoms with Crippen LogP contribution in [0.25, 0.3) is 0 Å². The first-order chi connectivity index (χ1) is 16.4. The zero-order valence-electron chi connectivity index (χ0n) is 21.4. The first-order valence-corrected chi connectivity index (χ1v) is 13.2. The van der Waals surface area contributed by atoms with Gasteiger partial charge in [-0.15, -0.1) is 19.0 Å². The van der Waals surface area contributed by atoms with Crippen LogP contribution < -0.4 is 4.90 Å². The Kier molecular flexibility index (Phi) is 10.0. The van der Waals surface area contributed by atoms with Crippen LogP contribution in [0.1, 0.15) is 63.5 Å². The molecule has 2 aliphatic heterocycles. The maximum atomic E-state index is 13.3. The fraction of sp³-hybridized carbons (Fsp3) is 0.643. The van der Waals surface area contributed by atoms with Crippen molar-refractivity contribution in [2.45, 2.75) is 77.4 Å². The van der Waals surface area contributed by atoms with Crippen molar-refractivity contribution >= 4 is 30.1 Å². The number of hydrogen-bond acceptors (Lipinski definition) is 4. The number of anilines is 1. The van der Waals surface area contributed by atoms with E-state index in [0.717, 1.165) is 83.4 Å². The van der Waals surface area contributed by atoms with Crippen LogP contribution in [0.2, 0.25) is 0 Å². The number of fused-ring (bicyclic) bond motifs is 1. The van der Waals surface area contributed by atoms with E-state index in [1.807, 2.05) is 24.8 Å². The van der Waals surface area contributed by atoms with Crippen LogP contribution in [0.15, 0.2) is 30.9 Å². The van der Waals surface area contributed by atoms with Crippen LogP contribution in [0, 0.1) is 5.92 Å². The third-order valence-electron chi connectivity index (χ3n) is 7.71. The Labute approximate surface area is 217 Å². The molecule has 2 heterocycles. The predicted octanol–water partition coefficient (Wildman–Crippen LogP) is 5.23. The van der Waals surface area contributed by atoms with E-state index in [0.29, 0.717) is 18.4 Å². The summed E-state index contributed by atoms with van der Waals surface area (Å²) < 4.78 is 5.27. The molecule has 1 saturated carbocycles. The van der Waals surface area contributed by atoms with E-state index < -0.39 is 0 Å². The minimum absolute atomic E-state index is 0. The van der Waals surface area contributed by atoms with E-state index in [9.17, 15) is 9.59 Å². The van der Waals surface area contributed by atoms with Gasteiger partial charge in [-0.25, -0.2) is 4.79 Å². The molecule has 0 unspecified atom stereocenters. The molecule has 4 rings (SSSR count). The fourth-order valence-corrected chi connectivity index (χ4v) is 5.81. The molecule has 3 aliphatic rings. The van der Waals surface area contributed by atoms with Crippen molar-refractivity contribution in [2.24, 2.45) is 5.92 Å². The lowest BCUT2D eigenvalue weighted by atomic mass is 9.83. The van der Waals surface area contributed by atoms with E-state index in [-0.39, 0.29) is 30.5 Å². The normalized spacial score (nSPS) is 23.0. The summed E-state index contributed by atoms with van der Waals surface area (Å²) >= 11 is 0. The summed E-state index contributed by atoms with van der Waals surface area (Å²) in [5, 5.41) is 0. The molecular formula is C28H42ClN3O3. The molecule has 2 amide bonds. The van der Waals surface area contributed by atoms with Gasteiger partial charge in [0.1, 0.15) is 0 Å². The molecule has 0 radical (unpaired) electrons. The number of nitrogens with zero attached hydrogens (tertiary/aromatic N) is 3. The van der Waals surface area contributed by atoms with Gasteiger partial charge < -0.3 is 9.64 Å². The minimum Gasteiger partial charge on any atom is -0.463 e. The van der Waals surface area contributed by atoms with E-state index in [2.05, 4.69) is 34.6 Å². The molecule has 0 bridgehead atoms. The summed E-state index contributed by atoms with van der Waals surface area (Å²) in [4.78, 5) is 31.7. The lowest BCUT2D eigenvalue weighted by molar-refractivity contribution is -0.147. The van der Waals surface area contributed by atoms with Crippen LogP contribution in [0.5, 0.6) is 0 Å². The summed E-state index contributed by atoms with van der Waals surface area (Å²) in [6.45, 7) is 12.3. The molecule has 0 aromatic heterocycles. The van der Waals surface area contributed by atoms with Crippen molar-refractivity contribution in [2.75, 3.05) is 37.6 Å². The molecular weight excluding hydrogens is 462 g/mol.